The van der Waals surface area contributed by atoms with Gasteiger partial charge in [0, 0.05) is 29.5 Å². The molecule has 1 heterocycles. The lowest BCUT2D eigenvalue weighted by Gasteiger charge is -2.08. The van der Waals surface area contributed by atoms with Gasteiger partial charge < -0.3 is 9.73 Å². The number of oxazole rings is 1. The maximum absolute atomic E-state index is 12.4. The molecule has 0 radical (unpaired) electrons. The van der Waals surface area contributed by atoms with Crippen LogP contribution < -0.4 is 5.32 Å². The summed E-state index contributed by atoms with van der Waals surface area (Å²) in [6.45, 7) is 3.88. The quantitative estimate of drug-likeness (QED) is 0.258. The number of nitrogens with one attached hydrogen (secondary N) is 1. The third kappa shape index (κ3) is 4.51. The number of nitro groups is 1. The van der Waals surface area contributed by atoms with Crippen LogP contribution in [0, 0.1) is 24.0 Å². The normalized spacial score (nSPS) is 11.2. The number of hydrogen-bond acceptors (Lipinski definition) is 5. The van der Waals surface area contributed by atoms with Gasteiger partial charge in [0.05, 0.1) is 4.92 Å². The van der Waals surface area contributed by atoms with E-state index in [0.717, 1.165) is 22.2 Å². The van der Waals surface area contributed by atoms with Gasteiger partial charge >= 0.3 is 0 Å². The fourth-order valence-electron chi connectivity index (χ4n) is 3.14. The van der Waals surface area contributed by atoms with Crippen molar-refractivity contribution in [3.05, 3.63) is 93.5 Å². The van der Waals surface area contributed by atoms with Crippen molar-refractivity contribution in [3.63, 3.8) is 0 Å². The highest BCUT2D eigenvalue weighted by Gasteiger charge is 2.11. The second-order valence-electron chi connectivity index (χ2n) is 7.19. The molecule has 0 saturated carbocycles. The molecule has 0 unspecified atom stereocenters. The Morgan fingerprint density at radius 3 is 2.74 bits per heavy atom. The molecule has 4 rings (SSSR count). The fourth-order valence-corrected chi connectivity index (χ4v) is 3.14. The topological polar surface area (TPSA) is 98.3 Å². The first kappa shape index (κ1) is 20.0. The summed E-state index contributed by atoms with van der Waals surface area (Å²) in [5.74, 6) is 0.128. The van der Waals surface area contributed by atoms with Crippen LogP contribution in [-0.2, 0) is 4.79 Å². The van der Waals surface area contributed by atoms with Gasteiger partial charge in [0.2, 0.25) is 11.8 Å². The van der Waals surface area contributed by atoms with E-state index < -0.39 is 4.92 Å². The lowest BCUT2D eigenvalue weighted by molar-refractivity contribution is -0.384. The minimum Gasteiger partial charge on any atom is -0.436 e. The summed E-state index contributed by atoms with van der Waals surface area (Å²) in [7, 11) is 0. The van der Waals surface area contributed by atoms with Crippen molar-refractivity contribution in [2.75, 3.05) is 5.32 Å². The van der Waals surface area contributed by atoms with Gasteiger partial charge in [0.15, 0.2) is 5.58 Å². The number of benzene rings is 3. The molecular formula is C24H19N3O4. The SMILES string of the molecule is Cc1ccc2oc(-c3ccc(C)c(NC(=O)C=Cc4cccc([N+](=O)[O-])c4)c3)nc2c1. The minimum absolute atomic E-state index is 0.0281. The first-order valence-corrected chi connectivity index (χ1v) is 9.61. The van der Waals surface area contributed by atoms with Gasteiger partial charge in [-0.2, -0.15) is 0 Å². The van der Waals surface area contributed by atoms with Crippen LogP contribution in [0.3, 0.4) is 0 Å². The predicted molar refractivity (Wildman–Crippen MR) is 120 cm³/mol. The van der Waals surface area contributed by atoms with Gasteiger partial charge in [-0.1, -0.05) is 24.3 Å². The highest BCUT2D eigenvalue weighted by molar-refractivity contribution is 6.02. The van der Waals surface area contributed by atoms with E-state index >= 15 is 0 Å². The molecular weight excluding hydrogens is 394 g/mol. The Morgan fingerprint density at radius 2 is 1.94 bits per heavy atom. The zero-order valence-corrected chi connectivity index (χ0v) is 17.0. The smallest absolute Gasteiger partial charge is 0.270 e. The van der Waals surface area contributed by atoms with Gasteiger partial charge in [-0.15, -0.1) is 0 Å². The third-order valence-electron chi connectivity index (χ3n) is 4.79. The monoisotopic (exact) mass is 413 g/mol. The van der Waals surface area contributed by atoms with Gasteiger partial charge in [-0.3, -0.25) is 14.9 Å². The van der Waals surface area contributed by atoms with Crippen molar-refractivity contribution in [1.82, 2.24) is 4.98 Å². The Labute approximate surface area is 178 Å². The Bertz CT molecular complexity index is 1340. The maximum Gasteiger partial charge on any atom is 0.270 e. The summed E-state index contributed by atoms with van der Waals surface area (Å²) in [5, 5.41) is 13.7. The van der Waals surface area contributed by atoms with Crippen LogP contribution in [0.4, 0.5) is 11.4 Å². The molecule has 154 valence electrons. The van der Waals surface area contributed by atoms with Crippen LogP contribution >= 0.6 is 0 Å². The molecule has 1 N–H and O–H groups in total. The van der Waals surface area contributed by atoms with Gasteiger partial charge in [0.1, 0.15) is 5.52 Å². The van der Waals surface area contributed by atoms with Crippen molar-refractivity contribution >= 4 is 34.5 Å². The molecule has 3 aromatic carbocycles. The number of non-ortho nitro benzene ring substituents is 1. The van der Waals surface area contributed by atoms with Gasteiger partial charge in [-0.25, -0.2) is 4.98 Å². The standard InChI is InChI=1S/C24H19N3O4/c1-15-6-10-22-21(12-15)26-24(31-22)18-9-7-16(2)20(14-18)25-23(28)11-8-17-4-3-5-19(13-17)27(29)30/h3-14H,1-2H3,(H,25,28). The summed E-state index contributed by atoms with van der Waals surface area (Å²) in [6, 6.07) is 17.5. The molecule has 0 spiro atoms. The molecule has 0 aliphatic rings. The summed E-state index contributed by atoms with van der Waals surface area (Å²) in [4.78, 5) is 27.4. The van der Waals surface area contributed by atoms with E-state index in [9.17, 15) is 14.9 Å². The van der Waals surface area contributed by atoms with Crippen molar-refractivity contribution in [1.29, 1.82) is 0 Å². The zero-order chi connectivity index (χ0) is 22.0. The summed E-state index contributed by atoms with van der Waals surface area (Å²) in [6.07, 6.45) is 2.87. The number of nitro benzene ring substituents is 1. The number of fused-ring (bicyclic) bond motifs is 1. The number of nitrogens with zero attached hydrogens (tertiary/aromatic N) is 2. The molecule has 0 bridgehead atoms. The molecule has 4 aromatic rings. The molecule has 7 nitrogen and oxygen atoms in total. The largest absolute Gasteiger partial charge is 0.436 e. The fraction of sp³-hybridized carbons (Fsp3) is 0.0833. The summed E-state index contributed by atoms with van der Waals surface area (Å²) < 4.78 is 5.85. The van der Waals surface area contributed by atoms with Crippen molar-refractivity contribution in [3.8, 4) is 11.5 Å². The third-order valence-corrected chi connectivity index (χ3v) is 4.79. The van der Waals surface area contributed by atoms with Crippen molar-refractivity contribution < 1.29 is 14.1 Å². The van der Waals surface area contributed by atoms with Crippen LogP contribution in [0.2, 0.25) is 0 Å². The van der Waals surface area contributed by atoms with Crippen molar-refractivity contribution in [2.45, 2.75) is 13.8 Å². The van der Waals surface area contributed by atoms with Crippen LogP contribution in [0.5, 0.6) is 0 Å². The maximum atomic E-state index is 12.4. The Balaban J connectivity index is 1.55. The first-order chi connectivity index (χ1) is 14.9. The van der Waals surface area contributed by atoms with Crippen LogP contribution in [-0.4, -0.2) is 15.8 Å². The van der Waals surface area contributed by atoms with E-state index in [-0.39, 0.29) is 11.6 Å². The number of aromatic nitrogens is 1. The van der Waals surface area contributed by atoms with Crippen LogP contribution in [0.15, 0.2) is 71.2 Å². The van der Waals surface area contributed by atoms with Gasteiger partial charge in [0.25, 0.3) is 5.69 Å². The molecule has 1 amide bonds. The minimum atomic E-state index is -0.473. The van der Waals surface area contributed by atoms with E-state index in [1.807, 2.05) is 50.2 Å². The number of rotatable bonds is 5. The van der Waals surface area contributed by atoms with E-state index in [1.165, 1.54) is 24.3 Å². The average molecular weight is 413 g/mol. The number of hydrogen-bond donors (Lipinski definition) is 1. The molecule has 0 aliphatic heterocycles. The summed E-state index contributed by atoms with van der Waals surface area (Å²) in [5.41, 5.74) is 5.37. The molecule has 1 aromatic heterocycles. The second-order valence-corrected chi connectivity index (χ2v) is 7.19. The van der Waals surface area contributed by atoms with Crippen LogP contribution in [0.1, 0.15) is 16.7 Å². The lowest BCUT2D eigenvalue weighted by Crippen LogP contribution is -2.09. The number of carbonyl (C=O) groups is 1. The molecule has 0 aliphatic carbocycles. The Morgan fingerprint density at radius 1 is 1.10 bits per heavy atom. The number of anilines is 1. The summed E-state index contributed by atoms with van der Waals surface area (Å²) >= 11 is 0. The molecule has 0 atom stereocenters. The zero-order valence-electron chi connectivity index (χ0n) is 17.0. The molecule has 7 heteroatoms. The Kier molecular flexibility index (Phi) is 5.32. The van der Waals surface area contributed by atoms with E-state index in [2.05, 4.69) is 10.3 Å². The molecule has 0 saturated heterocycles. The molecule has 0 fully saturated rings. The second kappa shape index (κ2) is 8.23. The lowest BCUT2D eigenvalue weighted by atomic mass is 10.1. The van der Waals surface area contributed by atoms with E-state index in [0.29, 0.717) is 22.7 Å². The number of aryl methyl sites for hydroxylation is 2. The first-order valence-electron chi connectivity index (χ1n) is 9.61. The Hall–Kier alpha value is -4.26. The number of carbonyl (C=O) groups excluding carboxylic acids is 1. The van der Waals surface area contributed by atoms with E-state index in [1.54, 1.807) is 12.1 Å². The van der Waals surface area contributed by atoms with E-state index in [4.69, 9.17) is 4.42 Å². The highest BCUT2D eigenvalue weighted by Crippen LogP contribution is 2.28. The average Bonchev–Trinajstić information content (AvgIpc) is 3.17. The van der Waals surface area contributed by atoms with Crippen molar-refractivity contribution in [2.24, 2.45) is 0 Å². The van der Waals surface area contributed by atoms with Gasteiger partial charge in [-0.05, 0) is 60.9 Å². The number of amides is 1. The predicted octanol–water partition coefficient (Wildman–Crippen LogP) is 5.67. The van der Waals surface area contributed by atoms with Crippen LogP contribution in [0.25, 0.3) is 28.6 Å². The molecule has 31 heavy (non-hydrogen) atoms. The highest BCUT2D eigenvalue weighted by atomic mass is 16.6.